The van der Waals surface area contributed by atoms with Crippen LogP contribution in [0.5, 0.6) is 0 Å². The molecule has 4 heterocycles. The predicted octanol–water partition coefficient (Wildman–Crippen LogP) is 2.56. The Hall–Kier alpha value is -3.60. The first-order valence-corrected chi connectivity index (χ1v) is 11.6. The maximum Gasteiger partial charge on any atom is 0.247 e. The minimum atomic E-state index is -0.790. The Morgan fingerprint density at radius 3 is 2.91 bits per heavy atom. The summed E-state index contributed by atoms with van der Waals surface area (Å²) in [6, 6.07) is 4.09. The highest BCUT2D eigenvalue weighted by Gasteiger charge is 2.44. The number of carbonyl (C=O) groups is 1. The number of nitrogens with zero attached hydrogens (tertiary/aromatic N) is 5. The quantitative estimate of drug-likeness (QED) is 0.409. The molecule has 0 radical (unpaired) electrons. The van der Waals surface area contributed by atoms with Crippen molar-refractivity contribution in [3.8, 4) is 0 Å². The number of aromatic amines is 1. The fourth-order valence-electron chi connectivity index (χ4n) is 4.74. The van der Waals surface area contributed by atoms with Crippen molar-refractivity contribution in [3.63, 3.8) is 0 Å². The summed E-state index contributed by atoms with van der Waals surface area (Å²) >= 11 is 0. The molecular formula is C23H25FN8O2. The lowest BCUT2D eigenvalue weighted by molar-refractivity contribution is -0.117. The van der Waals surface area contributed by atoms with Crippen LogP contribution in [0.2, 0.25) is 0 Å². The van der Waals surface area contributed by atoms with Crippen LogP contribution in [0.15, 0.2) is 24.4 Å². The molecule has 0 spiro atoms. The second-order valence-electron chi connectivity index (χ2n) is 9.18. The average Bonchev–Trinajstić information content (AvgIpc) is 3.29. The van der Waals surface area contributed by atoms with E-state index >= 15 is 0 Å². The van der Waals surface area contributed by atoms with Crippen molar-refractivity contribution in [2.24, 2.45) is 0 Å². The van der Waals surface area contributed by atoms with Gasteiger partial charge >= 0.3 is 0 Å². The van der Waals surface area contributed by atoms with Gasteiger partial charge in [-0.3, -0.25) is 9.89 Å². The first-order chi connectivity index (χ1) is 16.5. The number of pyridine rings is 1. The van der Waals surface area contributed by atoms with Gasteiger partial charge in [0.2, 0.25) is 17.8 Å². The van der Waals surface area contributed by atoms with Gasteiger partial charge in [0.25, 0.3) is 0 Å². The SMILES string of the molecule is O=C(Nc1ccc(F)nc1)[C@H]1CCCN1c1nc2c(c(Nc3cc(C4(O)CC4)[nH]n3)n1)CCC2. The van der Waals surface area contributed by atoms with E-state index in [1.165, 1.54) is 18.3 Å². The van der Waals surface area contributed by atoms with Crippen LogP contribution >= 0.6 is 0 Å². The molecule has 0 bridgehead atoms. The third-order valence-corrected chi connectivity index (χ3v) is 6.78. The Morgan fingerprint density at radius 1 is 1.24 bits per heavy atom. The molecule has 1 saturated heterocycles. The van der Waals surface area contributed by atoms with E-state index in [1.807, 2.05) is 11.0 Å². The first kappa shape index (κ1) is 21.0. The van der Waals surface area contributed by atoms with Crippen LogP contribution in [0.4, 0.5) is 27.7 Å². The van der Waals surface area contributed by atoms with Gasteiger partial charge in [-0.15, -0.1) is 0 Å². The molecule has 2 fully saturated rings. The number of aromatic nitrogens is 5. The maximum atomic E-state index is 13.1. The summed E-state index contributed by atoms with van der Waals surface area (Å²) in [7, 11) is 0. The summed E-state index contributed by atoms with van der Waals surface area (Å²) < 4.78 is 13.1. The molecule has 3 aromatic heterocycles. The number of anilines is 4. The van der Waals surface area contributed by atoms with E-state index in [0.717, 1.165) is 49.8 Å². The van der Waals surface area contributed by atoms with Crippen molar-refractivity contribution in [1.29, 1.82) is 0 Å². The van der Waals surface area contributed by atoms with Crippen molar-refractivity contribution < 1.29 is 14.3 Å². The lowest BCUT2D eigenvalue weighted by Gasteiger charge is -2.25. The first-order valence-electron chi connectivity index (χ1n) is 11.6. The molecule has 11 heteroatoms. The topological polar surface area (TPSA) is 132 Å². The Morgan fingerprint density at radius 2 is 2.12 bits per heavy atom. The Bertz CT molecular complexity index is 1240. The van der Waals surface area contributed by atoms with Gasteiger partial charge in [0, 0.05) is 18.2 Å². The van der Waals surface area contributed by atoms with Crippen LogP contribution in [0, 0.1) is 5.95 Å². The van der Waals surface area contributed by atoms with Gasteiger partial charge in [0.15, 0.2) is 5.82 Å². The van der Waals surface area contributed by atoms with E-state index < -0.39 is 17.6 Å². The summed E-state index contributed by atoms with van der Waals surface area (Å²) in [6.45, 7) is 0.664. The predicted molar refractivity (Wildman–Crippen MR) is 122 cm³/mol. The number of rotatable bonds is 6. The number of halogens is 1. The van der Waals surface area contributed by atoms with Gasteiger partial charge in [-0.05, 0) is 57.1 Å². The van der Waals surface area contributed by atoms with E-state index in [9.17, 15) is 14.3 Å². The second-order valence-corrected chi connectivity index (χ2v) is 9.18. The molecule has 34 heavy (non-hydrogen) atoms. The van der Waals surface area contributed by atoms with Gasteiger partial charge in [-0.1, -0.05) is 0 Å². The maximum absolute atomic E-state index is 13.1. The Labute approximate surface area is 195 Å². The molecule has 0 aromatic carbocycles. The molecule has 0 unspecified atom stereocenters. The van der Waals surface area contributed by atoms with Crippen LogP contribution < -0.4 is 15.5 Å². The zero-order valence-corrected chi connectivity index (χ0v) is 18.5. The number of nitrogens with one attached hydrogen (secondary N) is 3. The van der Waals surface area contributed by atoms with Gasteiger partial charge in [0.1, 0.15) is 17.5 Å². The minimum absolute atomic E-state index is 0.195. The zero-order valence-electron chi connectivity index (χ0n) is 18.5. The number of amides is 1. The van der Waals surface area contributed by atoms with E-state index in [2.05, 4.69) is 25.8 Å². The monoisotopic (exact) mass is 464 g/mol. The molecule has 1 aliphatic heterocycles. The minimum Gasteiger partial charge on any atom is -0.384 e. The Kier molecular flexibility index (Phi) is 4.94. The molecule has 1 atom stereocenters. The van der Waals surface area contributed by atoms with Crippen LogP contribution in [-0.2, 0) is 23.2 Å². The van der Waals surface area contributed by atoms with E-state index in [0.29, 0.717) is 41.9 Å². The second kappa shape index (κ2) is 8.01. The highest BCUT2D eigenvalue weighted by atomic mass is 19.1. The summed E-state index contributed by atoms with van der Waals surface area (Å²) in [5.41, 5.74) is 2.41. The van der Waals surface area contributed by atoms with Crippen molar-refractivity contribution in [3.05, 3.63) is 47.3 Å². The summed E-state index contributed by atoms with van der Waals surface area (Å²) in [5, 5.41) is 23.7. The molecule has 10 nitrogen and oxygen atoms in total. The number of fused-ring (bicyclic) bond motifs is 1. The van der Waals surface area contributed by atoms with Gasteiger partial charge < -0.3 is 20.6 Å². The smallest absolute Gasteiger partial charge is 0.247 e. The normalized spacial score (nSPS) is 20.3. The van der Waals surface area contributed by atoms with Crippen molar-refractivity contribution >= 4 is 29.2 Å². The average molecular weight is 465 g/mol. The van der Waals surface area contributed by atoms with E-state index in [1.54, 1.807) is 0 Å². The number of carbonyl (C=O) groups excluding carboxylic acids is 1. The molecule has 1 saturated carbocycles. The van der Waals surface area contributed by atoms with E-state index in [-0.39, 0.29) is 5.91 Å². The molecule has 3 aliphatic rings. The Balaban J connectivity index is 1.25. The fraction of sp³-hybridized carbons (Fsp3) is 0.435. The molecule has 1 amide bonds. The zero-order chi connectivity index (χ0) is 23.3. The van der Waals surface area contributed by atoms with Crippen LogP contribution in [0.25, 0.3) is 0 Å². The van der Waals surface area contributed by atoms with Crippen molar-refractivity contribution in [1.82, 2.24) is 25.1 Å². The lowest BCUT2D eigenvalue weighted by atomic mass is 10.2. The van der Waals surface area contributed by atoms with Gasteiger partial charge in [0.05, 0.1) is 23.3 Å². The van der Waals surface area contributed by atoms with Crippen LogP contribution in [0.1, 0.15) is 49.1 Å². The lowest BCUT2D eigenvalue weighted by Crippen LogP contribution is -2.40. The summed E-state index contributed by atoms with van der Waals surface area (Å²) in [6.07, 6.45) is 7.00. The molecule has 176 valence electrons. The third kappa shape index (κ3) is 3.85. The largest absolute Gasteiger partial charge is 0.384 e. The number of hydrogen-bond donors (Lipinski definition) is 4. The number of hydrogen-bond acceptors (Lipinski definition) is 8. The molecule has 3 aromatic rings. The number of aryl methyl sites for hydroxylation is 1. The van der Waals surface area contributed by atoms with E-state index in [4.69, 9.17) is 9.97 Å². The fourth-order valence-corrected chi connectivity index (χ4v) is 4.74. The van der Waals surface area contributed by atoms with Crippen molar-refractivity contribution in [2.75, 3.05) is 22.1 Å². The van der Waals surface area contributed by atoms with Crippen LogP contribution in [0.3, 0.4) is 0 Å². The highest BCUT2D eigenvalue weighted by molar-refractivity contribution is 5.96. The third-order valence-electron chi connectivity index (χ3n) is 6.78. The van der Waals surface area contributed by atoms with Crippen LogP contribution in [-0.4, -0.2) is 48.7 Å². The molecule has 2 aliphatic carbocycles. The molecule has 4 N–H and O–H groups in total. The summed E-state index contributed by atoms with van der Waals surface area (Å²) in [5.74, 6) is 0.997. The number of aliphatic hydroxyl groups is 1. The molecular weight excluding hydrogens is 439 g/mol. The van der Waals surface area contributed by atoms with Crippen molar-refractivity contribution in [2.45, 2.75) is 56.6 Å². The molecule has 6 rings (SSSR count). The number of H-pyrrole nitrogens is 1. The summed E-state index contributed by atoms with van der Waals surface area (Å²) in [4.78, 5) is 28.2. The standard InChI is InChI=1S/C23H25FN8O2/c24-18-7-6-13(12-25-18)26-21(33)16-5-2-10-32(16)22-27-15-4-1-3-14(15)20(29-22)28-19-11-17(30-31-19)23(34)8-9-23/h6-7,11-12,16,34H,1-5,8-10H2,(H,26,33)(H2,27,28,29,30,31)/t16-/m1/s1. The highest BCUT2D eigenvalue weighted by Crippen LogP contribution is 2.45. The van der Waals surface area contributed by atoms with Gasteiger partial charge in [-0.25, -0.2) is 9.97 Å². The van der Waals surface area contributed by atoms with Gasteiger partial charge in [-0.2, -0.15) is 14.5 Å².